The molecular formula is C13H15ClN2O2S2. The molecule has 7 heteroatoms. The van der Waals surface area contributed by atoms with Crippen molar-refractivity contribution >= 4 is 33.0 Å². The van der Waals surface area contributed by atoms with E-state index in [1.807, 2.05) is 12.1 Å². The molecule has 4 nitrogen and oxygen atoms in total. The van der Waals surface area contributed by atoms with Gasteiger partial charge in [0.15, 0.2) is 0 Å². The highest BCUT2D eigenvalue weighted by Crippen LogP contribution is 2.22. The predicted molar refractivity (Wildman–Crippen MR) is 82.6 cm³/mol. The van der Waals surface area contributed by atoms with Crippen LogP contribution in [0.1, 0.15) is 10.4 Å². The lowest BCUT2D eigenvalue weighted by Gasteiger charge is -2.10. The van der Waals surface area contributed by atoms with Crippen LogP contribution in [0.5, 0.6) is 0 Å². The van der Waals surface area contributed by atoms with E-state index in [1.54, 1.807) is 31.3 Å². The number of hydrogen-bond donors (Lipinski definition) is 2. The fourth-order valence-electron chi connectivity index (χ4n) is 1.79. The molecule has 1 heterocycles. The van der Waals surface area contributed by atoms with Gasteiger partial charge < -0.3 is 5.32 Å². The Bertz CT molecular complexity index is 683. The molecule has 0 amide bonds. The number of nitrogens with one attached hydrogen (secondary N) is 2. The van der Waals surface area contributed by atoms with Crippen LogP contribution in [0.4, 0.5) is 0 Å². The van der Waals surface area contributed by atoms with Gasteiger partial charge in [0.1, 0.15) is 0 Å². The maximum atomic E-state index is 12.3. The molecule has 2 rings (SSSR count). The standard InChI is InChI=1S/C13H15ClN2O2S2/c1-15-8-10-4-2-3-5-12(10)20(17,18)16-9-11-6-7-13(14)19-11/h2-7,15-16H,8-9H2,1H3. The molecule has 0 spiro atoms. The van der Waals surface area contributed by atoms with E-state index in [2.05, 4.69) is 10.0 Å². The van der Waals surface area contributed by atoms with Gasteiger partial charge in [0.2, 0.25) is 10.0 Å². The molecule has 108 valence electrons. The second-order valence-electron chi connectivity index (χ2n) is 4.17. The molecule has 0 saturated heterocycles. The SMILES string of the molecule is CNCc1ccccc1S(=O)(=O)NCc1ccc(Cl)s1. The number of benzene rings is 1. The molecule has 0 aliphatic rings. The number of thiophene rings is 1. The molecule has 0 unspecified atom stereocenters. The van der Waals surface area contributed by atoms with Gasteiger partial charge in [-0.1, -0.05) is 29.8 Å². The van der Waals surface area contributed by atoms with E-state index in [0.29, 0.717) is 15.8 Å². The molecule has 2 aromatic rings. The van der Waals surface area contributed by atoms with Crippen LogP contribution in [0.2, 0.25) is 4.34 Å². The molecule has 0 atom stereocenters. The molecule has 0 aliphatic heterocycles. The fourth-order valence-corrected chi connectivity index (χ4v) is 4.16. The number of sulfonamides is 1. The first-order chi connectivity index (χ1) is 9.53. The Morgan fingerprint density at radius 2 is 1.90 bits per heavy atom. The van der Waals surface area contributed by atoms with Gasteiger partial charge in [-0.15, -0.1) is 11.3 Å². The molecule has 2 N–H and O–H groups in total. The summed E-state index contributed by atoms with van der Waals surface area (Å²) in [6.07, 6.45) is 0. The quantitative estimate of drug-likeness (QED) is 0.856. The van der Waals surface area contributed by atoms with Crippen LogP contribution in [0.3, 0.4) is 0 Å². The lowest BCUT2D eigenvalue weighted by Crippen LogP contribution is -2.24. The summed E-state index contributed by atoms with van der Waals surface area (Å²) < 4.78 is 27.9. The van der Waals surface area contributed by atoms with Gasteiger partial charge in [0, 0.05) is 18.0 Å². The lowest BCUT2D eigenvalue weighted by molar-refractivity contribution is 0.580. The first-order valence-electron chi connectivity index (χ1n) is 5.99. The van der Waals surface area contributed by atoms with Crippen LogP contribution in [0.25, 0.3) is 0 Å². The Hall–Kier alpha value is -0.920. The summed E-state index contributed by atoms with van der Waals surface area (Å²) in [6.45, 7) is 0.746. The second kappa shape index (κ2) is 6.69. The van der Waals surface area contributed by atoms with Crippen molar-refractivity contribution in [3.05, 3.63) is 51.2 Å². The highest BCUT2D eigenvalue weighted by molar-refractivity contribution is 7.89. The Morgan fingerprint density at radius 1 is 1.15 bits per heavy atom. The summed E-state index contributed by atoms with van der Waals surface area (Å²) in [4.78, 5) is 1.18. The topological polar surface area (TPSA) is 58.2 Å². The average molecular weight is 331 g/mol. The zero-order chi connectivity index (χ0) is 14.6. The number of hydrogen-bond acceptors (Lipinski definition) is 4. The minimum atomic E-state index is -3.53. The second-order valence-corrected chi connectivity index (χ2v) is 7.70. The van der Waals surface area contributed by atoms with Crippen LogP contribution in [-0.4, -0.2) is 15.5 Å². The van der Waals surface area contributed by atoms with Gasteiger partial charge in [0.25, 0.3) is 0 Å². The Morgan fingerprint density at radius 3 is 2.55 bits per heavy atom. The third-order valence-corrected chi connectivity index (χ3v) is 5.43. The van der Waals surface area contributed by atoms with Crippen LogP contribution in [0.15, 0.2) is 41.3 Å². The first-order valence-corrected chi connectivity index (χ1v) is 8.67. The van der Waals surface area contributed by atoms with E-state index >= 15 is 0 Å². The summed E-state index contributed by atoms with van der Waals surface area (Å²) >= 11 is 7.19. The molecule has 20 heavy (non-hydrogen) atoms. The van der Waals surface area contributed by atoms with E-state index < -0.39 is 10.0 Å². The van der Waals surface area contributed by atoms with Crippen molar-refractivity contribution in [3.8, 4) is 0 Å². The minimum Gasteiger partial charge on any atom is -0.316 e. The average Bonchev–Trinajstić information content (AvgIpc) is 2.83. The fraction of sp³-hybridized carbons (Fsp3) is 0.231. The van der Waals surface area contributed by atoms with Crippen molar-refractivity contribution in [1.82, 2.24) is 10.0 Å². The third-order valence-electron chi connectivity index (χ3n) is 2.69. The molecule has 0 aliphatic carbocycles. The normalized spacial score (nSPS) is 11.7. The van der Waals surface area contributed by atoms with Crippen molar-refractivity contribution in [2.75, 3.05) is 7.05 Å². The maximum absolute atomic E-state index is 12.3. The van der Waals surface area contributed by atoms with Crippen LogP contribution < -0.4 is 10.0 Å². The van der Waals surface area contributed by atoms with E-state index in [9.17, 15) is 8.42 Å². The van der Waals surface area contributed by atoms with Crippen molar-refractivity contribution < 1.29 is 8.42 Å². The van der Waals surface area contributed by atoms with Crippen molar-refractivity contribution in [3.63, 3.8) is 0 Å². The van der Waals surface area contributed by atoms with Gasteiger partial charge in [-0.05, 0) is 30.8 Å². The zero-order valence-corrected chi connectivity index (χ0v) is 13.3. The van der Waals surface area contributed by atoms with Crippen LogP contribution in [-0.2, 0) is 23.1 Å². The third kappa shape index (κ3) is 3.80. The van der Waals surface area contributed by atoms with E-state index in [4.69, 9.17) is 11.6 Å². The highest BCUT2D eigenvalue weighted by atomic mass is 35.5. The molecule has 1 aromatic carbocycles. The largest absolute Gasteiger partial charge is 0.316 e. The van der Waals surface area contributed by atoms with Crippen molar-refractivity contribution in [2.24, 2.45) is 0 Å². The smallest absolute Gasteiger partial charge is 0.241 e. The summed E-state index contributed by atoms with van der Waals surface area (Å²) in [5.74, 6) is 0. The summed E-state index contributed by atoms with van der Waals surface area (Å²) in [7, 11) is -1.75. The number of rotatable bonds is 6. The van der Waals surface area contributed by atoms with Crippen LogP contribution >= 0.6 is 22.9 Å². The predicted octanol–water partition coefficient (Wildman–Crippen LogP) is 2.60. The molecule has 1 aromatic heterocycles. The molecule has 0 saturated carbocycles. The number of halogens is 1. The van der Waals surface area contributed by atoms with Gasteiger partial charge in [-0.3, -0.25) is 0 Å². The lowest BCUT2D eigenvalue weighted by atomic mass is 10.2. The van der Waals surface area contributed by atoms with Crippen molar-refractivity contribution in [1.29, 1.82) is 0 Å². The van der Waals surface area contributed by atoms with E-state index in [1.165, 1.54) is 11.3 Å². The zero-order valence-electron chi connectivity index (χ0n) is 10.9. The summed E-state index contributed by atoms with van der Waals surface area (Å²) in [6, 6.07) is 10.5. The van der Waals surface area contributed by atoms with Gasteiger partial charge in [0.05, 0.1) is 9.23 Å². The van der Waals surface area contributed by atoms with Gasteiger partial charge in [-0.25, -0.2) is 13.1 Å². The van der Waals surface area contributed by atoms with E-state index in [0.717, 1.165) is 10.4 Å². The summed E-state index contributed by atoms with van der Waals surface area (Å²) in [5.41, 5.74) is 0.742. The van der Waals surface area contributed by atoms with E-state index in [-0.39, 0.29) is 6.54 Å². The summed E-state index contributed by atoms with van der Waals surface area (Å²) in [5, 5.41) is 2.97. The maximum Gasteiger partial charge on any atom is 0.241 e. The first kappa shape index (κ1) is 15.5. The van der Waals surface area contributed by atoms with Crippen LogP contribution in [0, 0.1) is 0 Å². The highest BCUT2D eigenvalue weighted by Gasteiger charge is 2.17. The Kier molecular flexibility index (Phi) is 5.17. The molecule has 0 fully saturated rings. The Balaban J connectivity index is 2.18. The minimum absolute atomic E-state index is 0.244. The van der Waals surface area contributed by atoms with Gasteiger partial charge in [-0.2, -0.15) is 0 Å². The monoisotopic (exact) mass is 330 g/mol. The van der Waals surface area contributed by atoms with Crippen molar-refractivity contribution in [2.45, 2.75) is 18.0 Å². The Labute approximate surface area is 127 Å². The molecular weight excluding hydrogens is 316 g/mol. The molecule has 0 bridgehead atoms. The van der Waals surface area contributed by atoms with Gasteiger partial charge >= 0.3 is 0 Å². The molecule has 0 radical (unpaired) electrons.